The zero-order valence-corrected chi connectivity index (χ0v) is 17.1. The second kappa shape index (κ2) is 15.6. The first-order valence-corrected chi connectivity index (χ1v) is 9.00. The second-order valence-electron chi connectivity index (χ2n) is 4.95. The standard InChI is InChI=1S/C17H28O12/c1-5-13(18)24-11-28-17(26-9-15(20)22-7-3,27-10-16(21)23-8-4)29-12-25-14(19)6-2/h5-12H2,1-4H3. The lowest BCUT2D eigenvalue weighted by atomic mass is 10.5. The van der Waals surface area contributed by atoms with E-state index in [-0.39, 0.29) is 26.1 Å². The topological polar surface area (TPSA) is 142 Å². The minimum absolute atomic E-state index is 0.0682. The predicted molar refractivity (Wildman–Crippen MR) is 92.6 cm³/mol. The van der Waals surface area contributed by atoms with Crippen LogP contribution in [0, 0.1) is 0 Å². The van der Waals surface area contributed by atoms with Crippen LogP contribution in [0.3, 0.4) is 0 Å². The van der Waals surface area contributed by atoms with Crippen molar-refractivity contribution in [1.29, 1.82) is 0 Å². The van der Waals surface area contributed by atoms with Gasteiger partial charge in [0.25, 0.3) is 0 Å². The van der Waals surface area contributed by atoms with Crippen LogP contribution in [-0.4, -0.2) is 70.0 Å². The second-order valence-corrected chi connectivity index (χ2v) is 4.95. The third kappa shape index (κ3) is 12.7. The van der Waals surface area contributed by atoms with Crippen molar-refractivity contribution in [2.24, 2.45) is 0 Å². The van der Waals surface area contributed by atoms with Gasteiger partial charge >= 0.3 is 30.0 Å². The number of hydrogen-bond acceptors (Lipinski definition) is 12. The van der Waals surface area contributed by atoms with Crippen molar-refractivity contribution in [3.8, 4) is 0 Å². The van der Waals surface area contributed by atoms with Gasteiger partial charge in [-0.25, -0.2) is 9.59 Å². The lowest BCUT2D eigenvalue weighted by Gasteiger charge is -2.30. The molecule has 0 amide bonds. The molecule has 0 aliphatic rings. The summed E-state index contributed by atoms with van der Waals surface area (Å²) in [6, 6.07) is 0. The molecule has 0 fully saturated rings. The summed E-state index contributed by atoms with van der Waals surface area (Å²) in [4.78, 5) is 45.8. The minimum Gasteiger partial charge on any atom is -0.464 e. The van der Waals surface area contributed by atoms with Crippen molar-refractivity contribution in [2.75, 3.05) is 40.0 Å². The van der Waals surface area contributed by atoms with Crippen LogP contribution in [-0.2, 0) is 57.1 Å². The van der Waals surface area contributed by atoms with E-state index in [4.69, 9.17) is 37.9 Å². The van der Waals surface area contributed by atoms with E-state index in [1.54, 1.807) is 27.7 Å². The van der Waals surface area contributed by atoms with Gasteiger partial charge < -0.3 is 18.9 Å². The van der Waals surface area contributed by atoms with E-state index < -0.39 is 56.8 Å². The molecule has 12 nitrogen and oxygen atoms in total. The van der Waals surface area contributed by atoms with Crippen molar-refractivity contribution in [3.05, 3.63) is 0 Å². The van der Waals surface area contributed by atoms with Gasteiger partial charge in [-0.05, 0) is 13.8 Å². The molecule has 0 bridgehead atoms. The summed E-state index contributed by atoms with van der Waals surface area (Å²) in [6.07, 6.45) is -2.39. The van der Waals surface area contributed by atoms with E-state index >= 15 is 0 Å². The van der Waals surface area contributed by atoms with Crippen LogP contribution in [0.15, 0.2) is 0 Å². The lowest BCUT2D eigenvalue weighted by molar-refractivity contribution is -0.511. The van der Waals surface area contributed by atoms with Gasteiger partial charge in [0.2, 0.25) is 0 Å². The summed E-state index contributed by atoms with van der Waals surface area (Å²) in [5.41, 5.74) is 0. The highest BCUT2D eigenvalue weighted by atomic mass is 17.0. The van der Waals surface area contributed by atoms with E-state index in [9.17, 15) is 19.2 Å². The largest absolute Gasteiger partial charge is 0.464 e. The molecule has 0 rings (SSSR count). The highest BCUT2D eigenvalue weighted by molar-refractivity contribution is 5.71. The molecule has 168 valence electrons. The molecular formula is C17H28O12. The average molecular weight is 424 g/mol. The fourth-order valence-corrected chi connectivity index (χ4v) is 1.49. The Morgan fingerprint density at radius 2 is 0.931 bits per heavy atom. The molecule has 0 N–H and O–H groups in total. The molecule has 0 aromatic rings. The first-order valence-electron chi connectivity index (χ1n) is 9.00. The molecule has 0 aliphatic heterocycles. The SMILES string of the molecule is CCOC(=O)COC(OCOC(=O)CC)(OCOC(=O)CC)OCC(=O)OCC. The van der Waals surface area contributed by atoms with Crippen LogP contribution < -0.4 is 0 Å². The number of ether oxygens (including phenoxy) is 8. The Morgan fingerprint density at radius 1 is 0.552 bits per heavy atom. The molecule has 0 heterocycles. The number of carbonyl (C=O) groups excluding carboxylic acids is 4. The Hall–Kier alpha value is -2.28. The van der Waals surface area contributed by atoms with Crippen LogP contribution in [0.4, 0.5) is 0 Å². The molecule has 0 unspecified atom stereocenters. The summed E-state index contributed by atoms with van der Waals surface area (Å²) < 4.78 is 39.6. The van der Waals surface area contributed by atoms with E-state index in [0.717, 1.165) is 0 Å². The van der Waals surface area contributed by atoms with Gasteiger partial charge in [0, 0.05) is 12.8 Å². The van der Waals surface area contributed by atoms with Gasteiger partial charge in [0.15, 0.2) is 26.8 Å². The van der Waals surface area contributed by atoms with Crippen molar-refractivity contribution in [2.45, 2.75) is 46.7 Å². The van der Waals surface area contributed by atoms with Crippen molar-refractivity contribution in [3.63, 3.8) is 0 Å². The van der Waals surface area contributed by atoms with E-state index in [2.05, 4.69) is 0 Å². The van der Waals surface area contributed by atoms with E-state index in [1.165, 1.54) is 0 Å². The van der Waals surface area contributed by atoms with Crippen LogP contribution in [0.25, 0.3) is 0 Å². The minimum atomic E-state index is -2.53. The zero-order valence-electron chi connectivity index (χ0n) is 17.1. The normalized spacial score (nSPS) is 10.9. The lowest BCUT2D eigenvalue weighted by Crippen LogP contribution is -2.46. The molecule has 0 radical (unpaired) electrons. The molecule has 0 spiro atoms. The summed E-state index contributed by atoms with van der Waals surface area (Å²) in [7, 11) is 0. The summed E-state index contributed by atoms with van der Waals surface area (Å²) in [6.45, 7) is 3.63. The van der Waals surface area contributed by atoms with Gasteiger partial charge in [-0.1, -0.05) is 13.8 Å². The maximum Gasteiger partial charge on any atom is 0.419 e. The molecule has 0 aromatic heterocycles. The Balaban J connectivity index is 5.24. The van der Waals surface area contributed by atoms with Crippen molar-refractivity contribution < 1.29 is 57.1 Å². The van der Waals surface area contributed by atoms with Crippen LogP contribution in [0.2, 0.25) is 0 Å². The molecule has 0 aliphatic carbocycles. The predicted octanol–water partition coefficient (Wildman–Crippen LogP) is 0.612. The summed E-state index contributed by atoms with van der Waals surface area (Å²) in [5.74, 6) is -2.79. The van der Waals surface area contributed by atoms with Crippen LogP contribution >= 0.6 is 0 Å². The van der Waals surface area contributed by atoms with E-state index in [0.29, 0.717) is 0 Å². The Bertz CT molecular complexity index is 473. The summed E-state index contributed by atoms with van der Waals surface area (Å²) >= 11 is 0. The van der Waals surface area contributed by atoms with Gasteiger partial charge in [0.05, 0.1) is 13.2 Å². The molecule has 0 saturated carbocycles. The van der Waals surface area contributed by atoms with Gasteiger partial charge in [-0.3, -0.25) is 28.5 Å². The number of esters is 4. The third-order valence-electron chi connectivity index (χ3n) is 2.83. The van der Waals surface area contributed by atoms with E-state index in [1.807, 2.05) is 0 Å². The first kappa shape index (κ1) is 26.7. The highest BCUT2D eigenvalue weighted by Crippen LogP contribution is 2.19. The Kier molecular flexibility index (Phi) is 14.4. The molecule has 0 saturated heterocycles. The molecule has 29 heavy (non-hydrogen) atoms. The Labute approximate surface area is 168 Å². The zero-order chi connectivity index (χ0) is 22.1. The van der Waals surface area contributed by atoms with Crippen LogP contribution in [0.5, 0.6) is 0 Å². The monoisotopic (exact) mass is 424 g/mol. The van der Waals surface area contributed by atoms with Gasteiger partial charge in [-0.15, -0.1) is 0 Å². The smallest absolute Gasteiger partial charge is 0.419 e. The highest BCUT2D eigenvalue weighted by Gasteiger charge is 2.39. The Morgan fingerprint density at radius 3 is 1.24 bits per heavy atom. The van der Waals surface area contributed by atoms with Crippen molar-refractivity contribution >= 4 is 23.9 Å². The van der Waals surface area contributed by atoms with Gasteiger partial charge in [0.1, 0.15) is 0 Å². The number of carbonyl (C=O) groups is 4. The first-order chi connectivity index (χ1) is 13.8. The fraction of sp³-hybridized carbons (Fsp3) is 0.765. The maximum absolute atomic E-state index is 11.6. The fourth-order valence-electron chi connectivity index (χ4n) is 1.49. The quantitative estimate of drug-likeness (QED) is 0.195. The molecule has 0 aromatic carbocycles. The van der Waals surface area contributed by atoms with Crippen molar-refractivity contribution in [1.82, 2.24) is 0 Å². The van der Waals surface area contributed by atoms with Gasteiger partial charge in [-0.2, -0.15) is 0 Å². The number of hydrogen-bond donors (Lipinski definition) is 0. The molecular weight excluding hydrogens is 396 g/mol. The molecule has 0 atom stereocenters. The molecule has 12 heteroatoms. The maximum atomic E-state index is 11.6. The van der Waals surface area contributed by atoms with Crippen LogP contribution in [0.1, 0.15) is 40.5 Å². The average Bonchev–Trinajstić information content (AvgIpc) is 2.70. The summed E-state index contributed by atoms with van der Waals surface area (Å²) in [5, 5.41) is 0. The number of rotatable bonds is 16. The third-order valence-corrected chi connectivity index (χ3v) is 2.83.